The average Bonchev–Trinajstić information content (AvgIpc) is 2.86. The molecule has 1 saturated carbocycles. The Balaban J connectivity index is 2.17. The van der Waals surface area contributed by atoms with Crippen LogP contribution in [0, 0.1) is 0 Å². The third kappa shape index (κ3) is 2.03. The van der Waals surface area contributed by atoms with Crippen LogP contribution in [0.4, 0.5) is 5.69 Å². The van der Waals surface area contributed by atoms with Crippen LogP contribution in [-0.2, 0) is 4.74 Å². The van der Waals surface area contributed by atoms with Crippen molar-refractivity contribution in [2.24, 2.45) is 0 Å². The summed E-state index contributed by atoms with van der Waals surface area (Å²) in [5, 5.41) is 4.23. The Kier molecular flexibility index (Phi) is 3.12. The maximum Gasteiger partial charge on any atom is 0.361 e. The Morgan fingerprint density at radius 2 is 2.31 bits per heavy atom. The van der Waals surface area contributed by atoms with Crippen LogP contribution in [0.25, 0.3) is 0 Å². The van der Waals surface area contributed by atoms with Gasteiger partial charge in [-0.2, -0.15) is 5.10 Å². The molecule has 2 N–H and O–H groups in total. The summed E-state index contributed by atoms with van der Waals surface area (Å²) in [4.78, 5) is 11.5. The van der Waals surface area contributed by atoms with Gasteiger partial charge in [-0.25, -0.2) is 4.79 Å². The Morgan fingerprint density at radius 3 is 2.94 bits per heavy atom. The van der Waals surface area contributed by atoms with Gasteiger partial charge in [-0.15, -0.1) is 0 Å². The van der Waals surface area contributed by atoms with Crippen LogP contribution in [0.2, 0.25) is 0 Å². The number of aromatic nitrogens is 2. The highest BCUT2D eigenvalue weighted by molar-refractivity contribution is 5.92. The maximum absolute atomic E-state index is 11.5. The van der Waals surface area contributed by atoms with E-state index in [4.69, 9.17) is 10.5 Å². The lowest BCUT2D eigenvalue weighted by Crippen LogP contribution is -2.10. The van der Waals surface area contributed by atoms with Gasteiger partial charge < -0.3 is 10.5 Å². The van der Waals surface area contributed by atoms with Gasteiger partial charge in [0.25, 0.3) is 0 Å². The molecule has 0 aliphatic heterocycles. The number of nitrogens with zero attached hydrogens (tertiary/aromatic N) is 2. The molecule has 0 aromatic carbocycles. The summed E-state index contributed by atoms with van der Waals surface area (Å²) in [6.07, 6.45) is 6.41. The summed E-state index contributed by atoms with van der Waals surface area (Å²) >= 11 is 0. The molecule has 1 aliphatic rings. The first kappa shape index (κ1) is 11.0. The van der Waals surface area contributed by atoms with Crippen molar-refractivity contribution >= 4 is 11.7 Å². The van der Waals surface area contributed by atoms with Crippen molar-refractivity contribution in [3.8, 4) is 0 Å². The van der Waals surface area contributed by atoms with Crippen molar-refractivity contribution in [1.29, 1.82) is 0 Å². The molecule has 0 atom stereocenters. The van der Waals surface area contributed by atoms with Gasteiger partial charge in [0.05, 0.1) is 18.3 Å². The number of nitrogens with two attached hydrogens (primary N) is 1. The number of anilines is 1. The molecule has 0 radical (unpaired) electrons. The molecular weight excluding hydrogens is 206 g/mol. The van der Waals surface area contributed by atoms with Crippen LogP contribution in [0.5, 0.6) is 0 Å². The Bertz CT molecular complexity index is 381. The molecule has 5 nitrogen and oxygen atoms in total. The molecule has 5 heteroatoms. The standard InChI is InChI=1S/C11H17N3O2/c1-2-16-11(15)10-9(12)7-14(13-10)8-5-3-4-6-8/h7-8H,2-6,12H2,1H3. The first-order valence-electron chi connectivity index (χ1n) is 5.74. The van der Waals surface area contributed by atoms with Gasteiger partial charge in [0.2, 0.25) is 0 Å². The number of rotatable bonds is 3. The number of carbonyl (C=O) groups is 1. The van der Waals surface area contributed by atoms with Gasteiger partial charge in [-0.05, 0) is 19.8 Å². The number of esters is 1. The summed E-state index contributed by atoms with van der Waals surface area (Å²) in [6.45, 7) is 2.11. The van der Waals surface area contributed by atoms with E-state index < -0.39 is 5.97 Å². The van der Waals surface area contributed by atoms with Crippen molar-refractivity contribution in [1.82, 2.24) is 9.78 Å². The fourth-order valence-electron chi connectivity index (χ4n) is 2.12. The quantitative estimate of drug-likeness (QED) is 0.792. The fraction of sp³-hybridized carbons (Fsp3) is 0.636. The van der Waals surface area contributed by atoms with E-state index in [1.54, 1.807) is 13.1 Å². The number of hydrogen-bond donors (Lipinski definition) is 1. The average molecular weight is 223 g/mol. The monoisotopic (exact) mass is 223 g/mol. The highest BCUT2D eigenvalue weighted by atomic mass is 16.5. The number of ether oxygens (including phenoxy) is 1. The Morgan fingerprint density at radius 1 is 1.62 bits per heavy atom. The normalized spacial score (nSPS) is 16.6. The molecule has 0 amide bonds. The maximum atomic E-state index is 11.5. The van der Waals surface area contributed by atoms with Crippen molar-refractivity contribution in [3.05, 3.63) is 11.9 Å². The molecule has 1 heterocycles. The summed E-state index contributed by atoms with van der Waals surface area (Å²) < 4.78 is 6.70. The first-order chi connectivity index (χ1) is 7.72. The van der Waals surface area contributed by atoms with E-state index in [9.17, 15) is 4.79 Å². The number of hydrogen-bond acceptors (Lipinski definition) is 4. The molecule has 0 spiro atoms. The number of nitrogen functional groups attached to an aromatic ring is 1. The topological polar surface area (TPSA) is 70.1 Å². The molecule has 1 fully saturated rings. The molecule has 88 valence electrons. The zero-order valence-electron chi connectivity index (χ0n) is 9.48. The molecule has 1 aromatic rings. The van der Waals surface area contributed by atoms with E-state index in [2.05, 4.69) is 5.10 Å². The molecule has 1 aliphatic carbocycles. The van der Waals surface area contributed by atoms with E-state index in [0.29, 0.717) is 18.3 Å². The van der Waals surface area contributed by atoms with E-state index >= 15 is 0 Å². The molecule has 2 rings (SSSR count). The highest BCUT2D eigenvalue weighted by Crippen LogP contribution is 2.29. The largest absolute Gasteiger partial charge is 0.461 e. The van der Waals surface area contributed by atoms with Crippen LogP contribution >= 0.6 is 0 Å². The van der Waals surface area contributed by atoms with Gasteiger partial charge in [0.15, 0.2) is 5.69 Å². The lowest BCUT2D eigenvalue weighted by atomic mass is 10.3. The summed E-state index contributed by atoms with van der Waals surface area (Å²) in [5.41, 5.74) is 6.41. The molecular formula is C11H17N3O2. The zero-order chi connectivity index (χ0) is 11.5. The van der Waals surface area contributed by atoms with Gasteiger partial charge in [0, 0.05) is 6.20 Å². The van der Waals surface area contributed by atoms with Crippen molar-refractivity contribution in [2.45, 2.75) is 38.6 Å². The first-order valence-corrected chi connectivity index (χ1v) is 5.74. The minimum Gasteiger partial charge on any atom is -0.461 e. The van der Waals surface area contributed by atoms with Gasteiger partial charge in [0.1, 0.15) is 0 Å². The molecule has 1 aromatic heterocycles. The predicted octanol–water partition coefficient (Wildman–Crippen LogP) is 1.76. The third-order valence-corrected chi connectivity index (χ3v) is 2.93. The van der Waals surface area contributed by atoms with E-state index in [1.165, 1.54) is 12.8 Å². The van der Waals surface area contributed by atoms with E-state index in [-0.39, 0.29) is 5.69 Å². The molecule has 0 saturated heterocycles. The van der Waals surface area contributed by atoms with Crippen LogP contribution < -0.4 is 5.73 Å². The van der Waals surface area contributed by atoms with Gasteiger partial charge >= 0.3 is 5.97 Å². The van der Waals surface area contributed by atoms with Gasteiger partial charge in [-0.1, -0.05) is 12.8 Å². The van der Waals surface area contributed by atoms with Crippen LogP contribution in [0.15, 0.2) is 6.20 Å². The SMILES string of the molecule is CCOC(=O)c1nn(C2CCCC2)cc1N. The molecule has 0 unspecified atom stereocenters. The van der Waals surface area contributed by atoms with Crippen LogP contribution in [-0.4, -0.2) is 22.4 Å². The zero-order valence-corrected chi connectivity index (χ0v) is 9.48. The van der Waals surface area contributed by atoms with Crippen molar-refractivity contribution in [2.75, 3.05) is 12.3 Å². The van der Waals surface area contributed by atoms with Crippen LogP contribution in [0.1, 0.15) is 49.1 Å². The lowest BCUT2D eigenvalue weighted by Gasteiger charge is -2.08. The predicted molar refractivity (Wildman–Crippen MR) is 60.1 cm³/mol. The van der Waals surface area contributed by atoms with Crippen molar-refractivity contribution in [3.63, 3.8) is 0 Å². The number of carbonyl (C=O) groups excluding carboxylic acids is 1. The second kappa shape index (κ2) is 4.55. The third-order valence-electron chi connectivity index (χ3n) is 2.93. The molecule has 16 heavy (non-hydrogen) atoms. The minimum atomic E-state index is -0.434. The smallest absolute Gasteiger partial charge is 0.361 e. The summed E-state index contributed by atoms with van der Waals surface area (Å²) in [7, 11) is 0. The second-order valence-corrected chi connectivity index (χ2v) is 4.07. The van der Waals surface area contributed by atoms with Crippen molar-refractivity contribution < 1.29 is 9.53 Å². The Hall–Kier alpha value is -1.52. The summed E-state index contributed by atoms with van der Waals surface area (Å²) in [6, 6.07) is 0.394. The highest BCUT2D eigenvalue weighted by Gasteiger charge is 2.22. The van der Waals surface area contributed by atoms with E-state index in [0.717, 1.165) is 12.8 Å². The lowest BCUT2D eigenvalue weighted by molar-refractivity contribution is 0.0519. The molecule has 0 bridgehead atoms. The summed E-state index contributed by atoms with van der Waals surface area (Å²) in [5.74, 6) is -0.434. The Labute approximate surface area is 94.6 Å². The van der Waals surface area contributed by atoms with Crippen LogP contribution in [0.3, 0.4) is 0 Å². The second-order valence-electron chi connectivity index (χ2n) is 4.07. The van der Waals surface area contributed by atoms with Gasteiger partial charge in [-0.3, -0.25) is 4.68 Å². The van der Waals surface area contributed by atoms with E-state index in [1.807, 2.05) is 4.68 Å². The fourth-order valence-corrected chi connectivity index (χ4v) is 2.12. The minimum absolute atomic E-state index is 0.244.